The van der Waals surface area contributed by atoms with E-state index in [4.69, 9.17) is 5.26 Å². The van der Waals surface area contributed by atoms with Gasteiger partial charge in [0.15, 0.2) is 11.6 Å². The molecule has 0 radical (unpaired) electrons. The summed E-state index contributed by atoms with van der Waals surface area (Å²) in [6.07, 6.45) is 0. The summed E-state index contributed by atoms with van der Waals surface area (Å²) in [6.45, 7) is 2.78. The molecule has 0 atom stereocenters. The number of nitrogens with one attached hydrogen (secondary N) is 1. The van der Waals surface area contributed by atoms with Crippen LogP contribution in [0.15, 0.2) is 12.1 Å². The number of anilines is 1. The number of nitrogens with zero attached hydrogens (tertiary/aromatic N) is 2. The van der Waals surface area contributed by atoms with Crippen molar-refractivity contribution in [2.45, 2.75) is 0 Å². The molecule has 0 amide bonds. The first-order valence-corrected chi connectivity index (χ1v) is 5.08. The number of nitriles is 1. The molecule has 3 nitrogen and oxygen atoms in total. The predicted octanol–water partition coefficient (Wildman–Crippen LogP) is 1.25. The lowest BCUT2D eigenvalue weighted by Crippen LogP contribution is -2.44. The van der Waals surface area contributed by atoms with Gasteiger partial charge in [0.05, 0.1) is 11.3 Å². The van der Waals surface area contributed by atoms with Gasteiger partial charge in [-0.1, -0.05) is 0 Å². The van der Waals surface area contributed by atoms with Gasteiger partial charge in [0.25, 0.3) is 0 Å². The third-order valence-corrected chi connectivity index (χ3v) is 2.64. The van der Waals surface area contributed by atoms with Crippen LogP contribution in [0.1, 0.15) is 5.56 Å². The van der Waals surface area contributed by atoms with Crippen LogP contribution in [0.5, 0.6) is 0 Å². The maximum Gasteiger partial charge on any atom is 0.183 e. The molecule has 1 aromatic rings. The minimum absolute atomic E-state index is 0.234. The van der Waals surface area contributed by atoms with Gasteiger partial charge in [-0.2, -0.15) is 5.26 Å². The van der Waals surface area contributed by atoms with Crippen molar-refractivity contribution in [3.8, 4) is 6.07 Å². The number of benzene rings is 1. The summed E-state index contributed by atoms with van der Waals surface area (Å²) in [5.41, 5.74) is -0.0191. The molecule has 16 heavy (non-hydrogen) atoms. The van der Waals surface area contributed by atoms with Gasteiger partial charge in [0, 0.05) is 26.2 Å². The molecule has 0 unspecified atom stereocenters. The van der Waals surface area contributed by atoms with Crippen LogP contribution in [0.4, 0.5) is 14.5 Å². The highest BCUT2D eigenvalue weighted by Gasteiger charge is 2.19. The first-order valence-electron chi connectivity index (χ1n) is 5.08. The van der Waals surface area contributed by atoms with Gasteiger partial charge >= 0.3 is 0 Å². The van der Waals surface area contributed by atoms with Gasteiger partial charge in [-0.15, -0.1) is 0 Å². The van der Waals surface area contributed by atoms with Gasteiger partial charge < -0.3 is 10.2 Å². The van der Waals surface area contributed by atoms with Gasteiger partial charge in [-0.05, 0) is 12.1 Å². The smallest absolute Gasteiger partial charge is 0.183 e. The Labute approximate surface area is 92.3 Å². The van der Waals surface area contributed by atoms with E-state index in [2.05, 4.69) is 5.32 Å². The molecule has 84 valence electrons. The van der Waals surface area contributed by atoms with Crippen molar-refractivity contribution in [2.24, 2.45) is 0 Å². The molecule has 1 aliphatic heterocycles. The highest BCUT2D eigenvalue weighted by Crippen LogP contribution is 2.24. The number of piperazine rings is 1. The summed E-state index contributed by atoms with van der Waals surface area (Å²) in [7, 11) is 0. The summed E-state index contributed by atoms with van der Waals surface area (Å²) >= 11 is 0. The zero-order valence-corrected chi connectivity index (χ0v) is 8.63. The molecule has 1 aliphatic rings. The first-order chi connectivity index (χ1) is 7.74. The Morgan fingerprint density at radius 1 is 1.19 bits per heavy atom. The van der Waals surface area contributed by atoms with Crippen LogP contribution in [0.2, 0.25) is 0 Å². The van der Waals surface area contributed by atoms with Gasteiger partial charge in [-0.25, -0.2) is 8.78 Å². The average Bonchev–Trinajstić information content (AvgIpc) is 2.34. The largest absolute Gasteiger partial charge is 0.367 e. The summed E-state index contributed by atoms with van der Waals surface area (Å²) in [6, 6.07) is 4.40. The second-order valence-corrected chi connectivity index (χ2v) is 3.61. The maximum atomic E-state index is 13.6. The fourth-order valence-corrected chi connectivity index (χ4v) is 1.78. The Bertz CT molecular complexity index is 434. The Balaban J connectivity index is 2.35. The van der Waals surface area contributed by atoms with E-state index in [1.54, 1.807) is 11.0 Å². The number of rotatable bonds is 1. The van der Waals surface area contributed by atoms with Crippen molar-refractivity contribution in [2.75, 3.05) is 31.1 Å². The summed E-state index contributed by atoms with van der Waals surface area (Å²) in [5, 5.41) is 11.7. The number of hydrogen-bond acceptors (Lipinski definition) is 3. The van der Waals surface area contributed by atoms with E-state index in [1.165, 1.54) is 12.1 Å². The van der Waals surface area contributed by atoms with E-state index in [-0.39, 0.29) is 11.3 Å². The van der Waals surface area contributed by atoms with Crippen LogP contribution in [-0.4, -0.2) is 26.2 Å². The third-order valence-electron chi connectivity index (χ3n) is 2.64. The van der Waals surface area contributed by atoms with Gasteiger partial charge in [0.1, 0.15) is 6.07 Å². The lowest BCUT2D eigenvalue weighted by molar-refractivity contribution is 0.497. The van der Waals surface area contributed by atoms with Crippen LogP contribution in [-0.2, 0) is 0 Å². The minimum atomic E-state index is -1.06. The topological polar surface area (TPSA) is 39.1 Å². The van der Waals surface area contributed by atoms with Crippen LogP contribution in [0, 0.1) is 23.0 Å². The normalized spacial score (nSPS) is 15.9. The van der Waals surface area contributed by atoms with E-state index in [0.717, 1.165) is 13.1 Å². The molecule has 0 spiro atoms. The van der Waals surface area contributed by atoms with Crippen LogP contribution in [0.3, 0.4) is 0 Å². The SMILES string of the molecule is N#Cc1ccc(N2CCNCC2)c(F)c1F. The maximum absolute atomic E-state index is 13.6. The molecule has 1 aromatic carbocycles. The molecule has 1 heterocycles. The number of hydrogen-bond donors (Lipinski definition) is 1. The van der Waals surface area contributed by atoms with E-state index in [1.807, 2.05) is 0 Å². The lowest BCUT2D eigenvalue weighted by atomic mass is 10.1. The zero-order chi connectivity index (χ0) is 11.5. The molecule has 5 heteroatoms. The van der Waals surface area contributed by atoms with Crippen molar-refractivity contribution in [3.63, 3.8) is 0 Å². The van der Waals surface area contributed by atoms with Crippen molar-refractivity contribution >= 4 is 5.69 Å². The summed E-state index contributed by atoms with van der Waals surface area (Å²) < 4.78 is 27.0. The molecular formula is C11H11F2N3. The Kier molecular flexibility index (Phi) is 3.02. The fourth-order valence-electron chi connectivity index (χ4n) is 1.78. The zero-order valence-electron chi connectivity index (χ0n) is 8.63. The second kappa shape index (κ2) is 4.45. The summed E-state index contributed by atoms with van der Waals surface area (Å²) in [4.78, 5) is 1.77. The fraction of sp³-hybridized carbons (Fsp3) is 0.364. The van der Waals surface area contributed by atoms with Gasteiger partial charge in [-0.3, -0.25) is 0 Å². The predicted molar refractivity (Wildman–Crippen MR) is 56.2 cm³/mol. The highest BCUT2D eigenvalue weighted by atomic mass is 19.2. The molecule has 0 aromatic heterocycles. The van der Waals surface area contributed by atoms with Crippen molar-refractivity contribution < 1.29 is 8.78 Å². The quantitative estimate of drug-likeness (QED) is 0.778. The van der Waals surface area contributed by atoms with Crippen LogP contribution in [0.25, 0.3) is 0 Å². The molecule has 1 fully saturated rings. The molecule has 0 saturated carbocycles. The minimum Gasteiger partial charge on any atom is -0.367 e. The molecular weight excluding hydrogens is 212 g/mol. The number of halogens is 2. The van der Waals surface area contributed by atoms with E-state index in [0.29, 0.717) is 13.1 Å². The molecule has 0 bridgehead atoms. The van der Waals surface area contributed by atoms with Crippen molar-refractivity contribution in [1.29, 1.82) is 5.26 Å². The van der Waals surface area contributed by atoms with Crippen LogP contribution >= 0.6 is 0 Å². The van der Waals surface area contributed by atoms with Gasteiger partial charge in [0.2, 0.25) is 0 Å². The van der Waals surface area contributed by atoms with E-state index < -0.39 is 11.6 Å². The Hall–Kier alpha value is -1.67. The Morgan fingerprint density at radius 3 is 2.50 bits per heavy atom. The Morgan fingerprint density at radius 2 is 1.88 bits per heavy atom. The first kappa shape index (κ1) is 10.8. The van der Waals surface area contributed by atoms with Crippen molar-refractivity contribution in [3.05, 3.63) is 29.3 Å². The standard InChI is InChI=1S/C11H11F2N3/c12-10-8(7-14)1-2-9(11(10)13)16-5-3-15-4-6-16/h1-2,15H,3-6H2. The highest BCUT2D eigenvalue weighted by molar-refractivity contribution is 5.52. The average molecular weight is 223 g/mol. The monoisotopic (exact) mass is 223 g/mol. The third kappa shape index (κ3) is 1.84. The molecule has 2 rings (SSSR count). The summed E-state index contributed by atoms with van der Waals surface area (Å²) in [5.74, 6) is -1.99. The molecule has 0 aliphatic carbocycles. The second-order valence-electron chi connectivity index (χ2n) is 3.61. The lowest BCUT2D eigenvalue weighted by Gasteiger charge is -2.29. The van der Waals surface area contributed by atoms with E-state index in [9.17, 15) is 8.78 Å². The molecule has 1 saturated heterocycles. The van der Waals surface area contributed by atoms with Crippen molar-refractivity contribution in [1.82, 2.24) is 5.32 Å². The molecule has 1 N–H and O–H groups in total. The van der Waals surface area contributed by atoms with E-state index >= 15 is 0 Å². The van der Waals surface area contributed by atoms with Crippen LogP contribution < -0.4 is 10.2 Å².